The molecule has 4 N–H and O–H groups in total. The summed E-state index contributed by atoms with van der Waals surface area (Å²) in [7, 11) is 1.73. The molecule has 7 heteroatoms. The van der Waals surface area contributed by atoms with E-state index in [0.717, 1.165) is 12.8 Å². The van der Waals surface area contributed by atoms with Gasteiger partial charge in [0.1, 0.15) is 11.5 Å². The zero-order valence-electron chi connectivity index (χ0n) is 12.6. The number of nitrogens with two attached hydrogens (primary N) is 1. The summed E-state index contributed by atoms with van der Waals surface area (Å²) < 4.78 is 22.8. The van der Waals surface area contributed by atoms with Crippen molar-refractivity contribution in [2.75, 3.05) is 20.0 Å². The maximum Gasteiger partial charge on any atom is 0.224 e. The third-order valence-corrected chi connectivity index (χ3v) is 4.41. The highest BCUT2D eigenvalue weighted by molar-refractivity contribution is 7.85. The second kappa shape index (κ2) is 7.74. The third kappa shape index (κ3) is 5.28. The van der Waals surface area contributed by atoms with E-state index >= 15 is 0 Å². The summed E-state index contributed by atoms with van der Waals surface area (Å²) >= 11 is 0. The average Bonchev–Trinajstić information content (AvgIpc) is 2.42. The smallest absolute Gasteiger partial charge is 0.224 e. The van der Waals surface area contributed by atoms with Gasteiger partial charge in [-0.05, 0) is 12.5 Å². The molecule has 1 rings (SSSR count). The summed E-state index contributed by atoms with van der Waals surface area (Å²) in [4.78, 5) is 0.532. The first-order chi connectivity index (χ1) is 9.82. The number of ether oxygens (including phenoxy) is 2. The normalized spacial score (nSPS) is 13.0. The summed E-state index contributed by atoms with van der Waals surface area (Å²) in [6.45, 7) is 2.03. The quantitative estimate of drug-likeness (QED) is 0.612. The van der Waals surface area contributed by atoms with Crippen LogP contribution in [0.25, 0.3) is 0 Å². The van der Waals surface area contributed by atoms with Crippen molar-refractivity contribution >= 4 is 10.8 Å². The van der Waals surface area contributed by atoms with Gasteiger partial charge in [-0.1, -0.05) is 13.3 Å². The van der Waals surface area contributed by atoms with Crippen LogP contribution in [0.5, 0.6) is 11.5 Å². The van der Waals surface area contributed by atoms with Gasteiger partial charge in [0, 0.05) is 23.8 Å². The number of hydrogen-bond donors (Lipinski definition) is 3. The first-order valence-corrected chi connectivity index (χ1v) is 8.01. The fourth-order valence-electron chi connectivity index (χ4n) is 1.91. The molecular formula is C14H23NO5S. The van der Waals surface area contributed by atoms with Gasteiger partial charge in [-0.15, -0.1) is 0 Å². The van der Waals surface area contributed by atoms with Crippen molar-refractivity contribution in [1.29, 1.82) is 0 Å². The zero-order valence-corrected chi connectivity index (χ0v) is 13.4. The SMILES string of the molecule is CCCCS(=O)c1cc(OC)c(CC(N)(O)O)cc1OC. The molecule has 1 aromatic rings. The highest BCUT2D eigenvalue weighted by Gasteiger charge is 2.22. The second-order valence-corrected chi connectivity index (χ2v) is 6.31. The highest BCUT2D eigenvalue weighted by Crippen LogP contribution is 2.32. The molecule has 1 atom stereocenters. The van der Waals surface area contributed by atoms with Crippen LogP contribution in [-0.2, 0) is 17.2 Å². The lowest BCUT2D eigenvalue weighted by molar-refractivity contribution is -0.153. The van der Waals surface area contributed by atoms with Gasteiger partial charge in [-0.25, -0.2) is 0 Å². The van der Waals surface area contributed by atoms with Crippen LogP contribution in [0, 0.1) is 0 Å². The van der Waals surface area contributed by atoms with Crippen molar-refractivity contribution < 1.29 is 23.9 Å². The van der Waals surface area contributed by atoms with Gasteiger partial charge >= 0.3 is 0 Å². The van der Waals surface area contributed by atoms with Crippen molar-refractivity contribution in [2.45, 2.75) is 37.0 Å². The average molecular weight is 317 g/mol. The monoisotopic (exact) mass is 317 g/mol. The van der Waals surface area contributed by atoms with Crippen molar-refractivity contribution in [1.82, 2.24) is 0 Å². The van der Waals surface area contributed by atoms with Crippen LogP contribution < -0.4 is 15.2 Å². The summed E-state index contributed by atoms with van der Waals surface area (Å²) in [5.74, 6) is -0.991. The van der Waals surface area contributed by atoms with Gasteiger partial charge in [0.25, 0.3) is 0 Å². The Kier molecular flexibility index (Phi) is 6.60. The van der Waals surface area contributed by atoms with Gasteiger partial charge in [-0.3, -0.25) is 9.94 Å². The maximum absolute atomic E-state index is 12.3. The number of aliphatic hydroxyl groups is 2. The third-order valence-electron chi connectivity index (χ3n) is 2.95. The number of benzene rings is 1. The Bertz CT molecular complexity index is 499. The molecule has 0 aliphatic carbocycles. The van der Waals surface area contributed by atoms with E-state index in [9.17, 15) is 14.4 Å². The molecule has 0 heterocycles. The predicted molar refractivity (Wildman–Crippen MR) is 80.8 cm³/mol. The summed E-state index contributed by atoms with van der Waals surface area (Å²) in [6, 6.07) is 3.18. The fourth-order valence-corrected chi connectivity index (χ4v) is 3.29. The molecule has 0 aliphatic heterocycles. The minimum atomic E-state index is -2.35. The minimum absolute atomic E-state index is 0.228. The van der Waals surface area contributed by atoms with Gasteiger partial charge in [0.15, 0.2) is 0 Å². The minimum Gasteiger partial charge on any atom is -0.496 e. The summed E-state index contributed by atoms with van der Waals surface area (Å²) in [5.41, 5.74) is 5.67. The maximum atomic E-state index is 12.3. The molecule has 21 heavy (non-hydrogen) atoms. The van der Waals surface area contributed by atoms with E-state index < -0.39 is 16.7 Å². The Morgan fingerprint density at radius 1 is 1.24 bits per heavy atom. The molecule has 0 bridgehead atoms. The number of methoxy groups -OCH3 is 2. The van der Waals surface area contributed by atoms with Crippen LogP contribution in [0.1, 0.15) is 25.3 Å². The second-order valence-electron chi connectivity index (χ2n) is 4.77. The standard InChI is InChI=1S/C14H23NO5S/c1-4-5-6-21(18)13-8-11(19-2)10(7-12(13)20-3)9-14(15,16)17/h7-8,16-17H,4-6,9,15H2,1-3H3. The first kappa shape index (κ1) is 17.9. The van der Waals surface area contributed by atoms with Gasteiger partial charge in [0.2, 0.25) is 5.91 Å². The Hall–Kier alpha value is -1.15. The molecule has 0 aliphatic rings. The van der Waals surface area contributed by atoms with Gasteiger partial charge < -0.3 is 19.7 Å². The van der Waals surface area contributed by atoms with E-state index in [2.05, 4.69) is 0 Å². The number of unbranched alkanes of at least 4 members (excludes halogenated alkanes) is 1. The van der Waals surface area contributed by atoms with Crippen molar-refractivity contribution in [2.24, 2.45) is 5.73 Å². The van der Waals surface area contributed by atoms with E-state index in [1.165, 1.54) is 14.2 Å². The van der Waals surface area contributed by atoms with Crippen LogP contribution >= 0.6 is 0 Å². The topological polar surface area (TPSA) is 102 Å². The molecule has 0 saturated carbocycles. The largest absolute Gasteiger partial charge is 0.496 e. The van der Waals surface area contributed by atoms with E-state index in [1.54, 1.807) is 12.1 Å². The molecule has 0 fully saturated rings. The van der Waals surface area contributed by atoms with E-state index in [0.29, 0.717) is 27.7 Å². The molecule has 0 aromatic heterocycles. The lowest BCUT2D eigenvalue weighted by atomic mass is 10.1. The molecular weight excluding hydrogens is 294 g/mol. The summed E-state index contributed by atoms with van der Waals surface area (Å²) in [5, 5.41) is 18.7. The fraction of sp³-hybridized carbons (Fsp3) is 0.571. The zero-order chi connectivity index (χ0) is 16.0. The number of hydrogen-bond acceptors (Lipinski definition) is 6. The first-order valence-electron chi connectivity index (χ1n) is 6.69. The van der Waals surface area contributed by atoms with Crippen molar-refractivity contribution in [3.8, 4) is 11.5 Å². The summed E-state index contributed by atoms with van der Waals surface area (Å²) in [6.07, 6.45) is 1.57. The van der Waals surface area contributed by atoms with E-state index in [-0.39, 0.29) is 6.42 Å². The lowest BCUT2D eigenvalue weighted by Crippen LogP contribution is -2.41. The Balaban J connectivity index is 3.19. The van der Waals surface area contributed by atoms with Crippen molar-refractivity contribution in [3.05, 3.63) is 17.7 Å². The Labute approximate surface area is 127 Å². The van der Waals surface area contributed by atoms with E-state index in [1.807, 2.05) is 6.92 Å². The molecule has 0 amide bonds. The van der Waals surface area contributed by atoms with Crippen LogP contribution in [0.3, 0.4) is 0 Å². The predicted octanol–water partition coefficient (Wildman–Crippen LogP) is 0.751. The van der Waals surface area contributed by atoms with Gasteiger partial charge in [0.05, 0.1) is 29.9 Å². The lowest BCUT2D eigenvalue weighted by Gasteiger charge is -2.19. The van der Waals surface area contributed by atoms with Crippen LogP contribution in [0.4, 0.5) is 0 Å². The Morgan fingerprint density at radius 3 is 2.33 bits per heavy atom. The van der Waals surface area contributed by atoms with Gasteiger partial charge in [-0.2, -0.15) is 0 Å². The van der Waals surface area contributed by atoms with Crippen molar-refractivity contribution in [3.63, 3.8) is 0 Å². The number of rotatable bonds is 8. The van der Waals surface area contributed by atoms with Crippen LogP contribution in [0.15, 0.2) is 17.0 Å². The van der Waals surface area contributed by atoms with E-state index in [4.69, 9.17) is 15.2 Å². The Morgan fingerprint density at radius 2 is 1.86 bits per heavy atom. The van der Waals surface area contributed by atoms with Crippen LogP contribution in [-0.4, -0.2) is 40.3 Å². The molecule has 1 unspecified atom stereocenters. The van der Waals surface area contributed by atoms with Crippen LogP contribution in [0.2, 0.25) is 0 Å². The molecule has 6 nitrogen and oxygen atoms in total. The molecule has 1 aromatic carbocycles. The molecule has 120 valence electrons. The molecule has 0 radical (unpaired) electrons. The highest BCUT2D eigenvalue weighted by atomic mass is 32.2. The molecule has 0 saturated heterocycles. The molecule has 0 spiro atoms.